The number of ether oxygens (including phenoxy) is 1. The highest BCUT2D eigenvalue weighted by molar-refractivity contribution is 5.31. The van der Waals surface area contributed by atoms with Gasteiger partial charge in [0.1, 0.15) is 5.75 Å². The highest BCUT2D eigenvalue weighted by Gasteiger charge is 2.46. The van der Waals surface area contributed by atoms with E-state index in [0.717, 1.165) is 24.1 Å². The Morgan fingerprint density at radius 1 is 0.958 bits per heavy atom. The summed E-state index contributed by atoms with van der Waals surface area (Å²) in [5.41, 5.74) is 2.83. The number of nitrogens with zero attached hydrogens (tertiary/aromatic N) is 2. The molecule has 4 rings (SSSR count). The van der Waals surface area contributed by atoms with E-state index in [2.05, 4.69) is 71.4 Å². The standard InChI is InChI=1S/C21H26N2O/c1-22-13-18-14-23(12-16-6-4-3-5-7-16)21(20(18)15-22)17-8-10-19(24-2)11-9-17/h3-11,18,20-21H,12-15H2,1-2H3/t18-,20-,21-/m1/s1. The Labute approximate surface area is 144 Å². The molecule has 24 heavy (non-hydrogen) atoms. The molecule has 0 aromatic heterocycles. The number of fused-ring (bicyclic) bond motifs is 1. The zero-order chi connectivity index (χ0) is 16.5. The lowest BCUT2D eigenvalue weighted by atomic mass is 9.89. The first-order chi connectivity index (χ1) is 11.7. The topological polar surface area (TPSA) is 15.7 Å². The van der Waals surface area contributed by atoms with Crippen LogP contribution in [-0.4, -0.2) is 43.6 Å². The number of rotatable bonds is 4. The summed E-state index contributed by atoms with van der Waals surface area (Å²) in [4.78, 5) is 5.17. The van der Waals surface area contributed by atoms with Crippen molar-refractivity contribution >= 4 is 0 Å². The quantitative estimate of drug-likeness (QED) is 0.858. The Bertz CT molecular complexity index is 670. The average Bonchev–Trinajstić information content (AvgIpc) is 3.11. The molecule has 0 bridgehead atoms. The molecule has 2 saturated heterocycles. The normalized spacial score (nSPS) is 27.3. The van der Waals surface area contributed by atoms with Crippen molar-refractivity contribution in [1.82, 2.24) is 9.80 Å². The summed E-state index contributed by atoms with van der Waals surface area (Å²) >= 11 is 0. The van der Waals surface area contributed by atoms with Crippen molar-refractivity contribution in [1.29, 1.82) is 0 Å². The predicted octanol–water partition coefficient (Wildman–Crippen LogP) is 3.43. The third-order valence-electron chi connectivity index (χ3n) is 5.63. The summed E-state index contributed by atoms with van der Waals surface area (Å²) in [5.74, 6) is 2.45. The first-order valence-electron chi connectivity index (χ1n) is 8.85. The molecule has 2 aromatic rings. The van der Waals surface area contributed by atoms with Gasteiger partial charge in [-0.3, -0.25) is 4.90 Å². The molecule has 2 aliphatic heterocycles. The average molecular weight is 322 g/mol. The number of likely N-dealkylation sites (tertiary alicyclic amines) is 2. The third-order valence-corrected chi connectivity index (χ3v) is 5.63. The Balaban J connectivity index is 1.62. The van der Waals surface area contributed by atoms with Crippen LogP contribution >= 0.6 is 0 Å². The highest BCUT2D eigenvalue weighted by atomic mass is 16.5. The maximum atomic E-state index is 5.34. The molecule has 3 nitrogen and oxygen atoms in total. The van der Waals surface area contributed by atoms with Gasteiger partial charge in [0, 0.05) is 32.2 Å². The van der Waals surface area contributed by atoms with E-state index in [1.165, 1.54) is 30.8 Å². The van der Waals surface area contributed by atoms with Crippen molar-refractivity contribution in [3.8, 4) is 5.75 Å². The van der Waals surface area contributed by atoms with Crippen LogP contribution in [-0.2, 0) is 6.54 Å². The van der Waals surface area contributed by atoms with E-state index in [1.54, 1.807) is 7.11 Å². The smallest absolute Gasteiger partial charge is 0.118 e. The van der Waals surface area contributed by atoms with Gasteiger partial charge >= 0.3 is 0 Å². The Morgan fingerprint density at radius 3 is 2.42 bits per heavy atom. The van der Waals surface area contributed by atoms with Crippen molar-refractivity contribution in [2.75, 3.05) is 33.8 Å². The second-order valence-electron chi connectivity index (χ2n) is 7.28. The van der Waals surface area contributed by atoms with E-state index in [1.807, 2.05) is 0 Å². The van der Waals surface area contributed by atoms with E-state index in [9.17, 15) is 0 Å². The maximum Gasteiger partial charge on any atom is 0.118 e. The molecule has 0 spiro atoms. The molecule has 0 unspecified atom stereocenters. The monoisotopic (exact) mass is 322 g/mol. The van der Waals surface area contributed by atoms with Gasteiger partial charge in [-0.2, -0.15) is 0 Å². The lowest BCUT2D eigenvalue weighted by Gasteiger charge is -2.29. The fraction of sp³-hybridized carbons (Fsp3) is 0.429. The molecule has 0 N–H and O–H groups in total. The van der Waals surface area contributed by atoms with Gasteiger partial charge in [0.2, 0.25) is 0 Å². The van der Waals surface area contributed by atoms with Gasteiger partial charge in [0.25, 0.3) is 0 Å². The first-order valence-corrected chi connectivity index (χ1v) is 8.85. The van der Waals surface area contributed by atoms with E-state index in [4.69, 9.17) is 4.74 Å². The van der Waals surface area contributed by atoms with E-state index in [-0.39, 0.29) is 0 Å². The Kier molecular flexibility index (Phi) is 4.30. The number of methoxy groups -OCH3 is 1. The summed E-state index contributed by atoms with van der Waals surface area (Å²) in [6, 6.07) is 20.1. The van der Waals surface area contributed by atoms with Crippen LogP contribution in [0.5, 0.6) is 5.75 Å². The second kappa shape index (κ2) is 6.58. The van der Waals surface area contributed by atoms with Gasteiger partial charge in [0.15, 0.2) is 0 Å². The van der Waals surface area contributed by atoms with E-state index < -0.39 is 0 Å². The molecular weight excluding hydrogens is 296 g/mol. The zero-order valence-corrected chi connectivity index (χ0v) is 14.6. The summed E-state index contributed by atoms with van der Waals surface area (Å²) in [5, 5.41) is 0. The molecular formula is C21H26N2O. The van der Waals surface area contributed by atoms with Gasteiger partial charge < -0.3 is 9.64 Å². The van der Waals surface area contributed by atoms with Crippen LogP contribution in [0.3, 0.4) is 0 Å². The van der Waals surface area contributed by atoms with Crippen LogP contribution < -0.4 is 4.74 Å². The Morgan fingerprint density at radius 2 is 1.71 bits per heavy atom. The van der Waals surface area contributed by atoms with Crippen molar-refractivity contribution in [3.63, 3.8) is 0 Å². The Hall–Kier alpha value is -1.84. The number of hydrogen-bond donors (Lipinski definition) is 0. The van der Waals surface area contributed by atoms with Crippen LogP contribution in [0.4, 0.5) is 0 Å². The van der Waals surface area contributed by atoms with Crippen molar-refractivity contribution in [2.45, 2.75) is 12.6 Å². The van der Waals surface area contributed by atoms with E-state index in [0.29, 0.717) is 6.04 Å². The molecule has 0 amide bonds. The minimum Gasteiger partial charge on any atom is -0.497 e. The molecule has 0 saturated carbocycles. The van der Waals surface area contributed by atoms with Crippen molar-refractivity contribution < 1.29 is 4.74 Å². The largest absolute Gasteiger partial charge is 0.497 e. The minimum atomic E-state index is 0.506. The summed E-state index contributed by atoms with van der Waals surface area (Å²) in [6.45, 7) is 4.66. The van der Waals surface area contributed by atoms with E-state index >= 15 is 0 Å². The van der Waals surface area contributed by atoms with Crippen molar-refractivity contribution in [2.24, 2.45) is 11.8 Å². The van der Waals surface area contributed by atoms with Gasteiger partial charge in [-0.05, 0) is 42.1 Å². The fourth-order valence-electron chi connectivity index (χ4n) is 4.60. The zero-order valence-electron chi connectivity index (χ0n) is 14.6. The SMILES string of the molecule is COc1ccc([C@@H]2[C@@H]3CN(C)C[C@@H]3CN2Cc2ccccc2)cc1. The molecule has 2 fully saturated rings. The van der Waals surface area contributed by atoms with Crippen LogP contribution in [0.15, 0.2) is 54.6 Å². The fourth-order valence-corrected chi connectivity index (χ4v) is 4.60. The molecule has 0 aliphatic carbocycles. The lowest BCUT2D eigenvalue weighted by Crippen LogP contribution is -2.29. The summed E-state index contributed by atoms with van der Waals surface area (Å²) < 4.78 is 5.34. The summed E-state index contributed by atoms with van der Waals surface area (Å²) in [6.07, 6.45) is 0. The van der Waals surface area contributed by atoms with Gasteiger partial charge in [-0.25, -0.2) is 0 Å². The van der Waals surface area contributed by atoms with Crippen LogP contribution in [0.25, 0.3) is 0 Å². The summed E-state index contributed by atoms with van der Waals surface area (Å²) in [7, 11) is 3.99. The molecule has 0 radical (unpaired) electrons. The predicted molar refractivity (Wildman–Crippen MR) is 97.1 cm³/mol. The highest BCUT2D eigenvalue weighted by Crippen LogP contribution is 2.45. The van der Waals surface area contributed by atoms with Crippen LogP contribution in [0, 0.1) is 11.8 Å². The van der Waals surface area contributed by atoms with Crippen LogP contribution in [0.2, 0.25) is 0 Å². The minimum absolute atomic E-state index is 0.506. The molecule has 2 aromatic carbocycles. The molecule has 3 heteroatoms. The number of benzene rings is 2. The first kappa shape index (κ1) is 15.7. The van der Waals surface area contributed by atoms with Gasteiger partial charge in [-0.15, -0.1) is 0 Å². The van der Waals surface area contributed by atoms with Crippen LogP contribution in [0.1, 0.15) is 17.2 Å². The number of hydrogen-bond acceptors (Lipinski definition) is 3. The molecule has 126 valence electrons. The molecule has 2 heterocycles. The van der Waals surface area contributed by atoms with Gasteiger partial charge in [0.05, 0.1) is 7.11 Å². The lowest BCUT2D eigenvalue weighted by molar-refractivity contribution is 0.199. The molecule has 3 atom stereocenters. The van der Waals surface area contributed by atoms with Crippen molar-refractivity contribution in [3.05, 3.63) is 65.7 Å². The molecule has 2 aliphatic rings. The second-order valence-corrected chi connectivity index (χ2v) is 7.28. The van der Waals surface area contributed by atoms with Gasteiger partial charge in [-0.1, -0.05) is 42.5 Å². The maximum absolute atomic E-state index is 5.34. The third kappa shape index (κ3) is 2.94.